The van der Waals surface area contributed by atoms with Crippen molar-refractivity contribution in [3.05, 3.63) is 29.3 Å². The van der Waals surface area contributed by atoms with Crippen molar-refractivity contribution in [1.82, 2.24) is 0 Å². The van der Waals surface area contributed by atoms with Crippen LogP contribution in [0.25, 0.3) is 0 Å². The van der Waals surface area contributed by atoms with E-state index in [4.69, 9.17) is 5.73 Å². The van der Waals surface area contributed by atoms with Crippen molar-refractivity contribution in [1.29, 1.82) is 0 Å². The van der Waals surface area contributed by atoms with Crippen LogP contribution in [0.4, 0.5) is 5.69 Å². The largest absolute Gasteiger partial charge is 0.329 e. The molecule has 0 fully saturated rings. The van der Waals surface area contributed by atoms with Crippen LogP contribution in [-0.2, 0) is 4.79 Å². The third kappa shape index (κ3) is 1.21. The second-order valence-electron chi connectivity index (χ2n) is 3.37. The van der Waals surface area contributed by atoms with Gasteiger partial charge in [0.15, 0.2) is 0 Å². The van der Waals surface area contributed by atoms with Crippen molar-refractivity contribution in [3.8, 4) is 0 Å². The van der Waals surface area contributed by atoms with Gasteiger partial charge in [0, 0.05) is 12.2 Å². The minimum Gasteiger partial charge on any atom is -0.329 e. The number of amides is 1. The maximum absolute atomic E-state index is 11.4. The molecule has 1 amide bonds. The molecule has 0 saturated carbocycles. The van der Waals surface area contributed by atoms with Gasteiger partial charge in [-0.1, -0.05) is 17.7 Å². The van der Waals surface area contributed by atoms with Crippen LogP contribution in [0.1, 0.15) is 17.0 Å². The molecular weight excluding hydrogens is 164 g/mol. The first-order chi connectivity index (χ1) is 6.22. The van der Waals surface area contributed by atoms with Crippen LogP contribution in [0, 0.1) is 6.92 Å². The smallest absolute Gasteiger partial charge is 0.233 e. The normalized spacial score (nSPS) is 19.8. The molecule has 0 bridgehead atoms. The van der Waals surface area contributed by atoms with E-state index >= 15 is 0 Å². The van der Waals surface area contributed by atoms with Crippen LogP contribution < -0.4 is 11.1 Å². The summed E-state index contributed by atoms with van der Waals surface area (Å²) in [5, 5.41) is 2.81. The Hall–Kier alpha value is -1.35. The van der Waals surface area contributed by atoms with Crippen molar-refractivity contribution in [2.75, 3.05) is 11.9 Å². The highest BCUT2D eigenvalue weighted by Crippen LogP contribution is 2.32. The molecule has 1 atom stereocenters. The molecule has 1 heterocycles. The summed E-state index contributed by atoms with van der Waals surface area (Å²) in [5.74, 6) is -0.141. The lowest BCUT2D eigenvalue weighted by atomic mass is 9.99. The Morgan fingerprint density at radius 3 is 3.00 bits per heavy atom. The van der Waals surface area contributed by atoms with E-state index in [1.807, 2.05) is 25.1 Å². The Bertz CT molecular complexity index is 360. The van der Waals surface area contributed by atoms with Crippen LogP contribution >= 0.6 is 0 Å². The zero-order chi connectivity index (χ0) is 9.42. The Balaban J connectivity index is 2.50. The summed E-state index contributed by atoms with van der Waals surface area (Å²) in [7, 11) is 0. The van der Waals surface area contributed by atoms with E-state index in [9.17, 15) is 4.79 Å². The van der Waals surface area contributed by atoms with E-state index in [0.29, 0.717) is 6.54 Å². The van der Waals surface area contributed by atoms with Gasteiger partial charge in [-0.25, -0.2) is 0 Å². The molecule has 1 aliphatic heterocycles. The fourth-order valence-electron chi connectivity index (χ4n) is 1.68. The van der Waals surface area contributed by atoms with Crippen LogP contribution in [-0.4, -0.2) is 12.5 Å². The SMILES string of the molecule is Cc1ccc2c(c1)[C@H](CN)C(=O)N2. The van der Waals surface area contributed by atoms with Gasteiger partial charge < -0.3 is 11.1 Å². The molecule has 0 saturated heterocycles. The topological polar surface area (TPSA) is 55.1 Å². The van der Waals surface area contributed by atoms with E-state index in [1.54, 1.807) is 0 Å². The summed E-state index contributed by atoms with van der Waals surface area (Å²) in [5.41, 5.74) is 8.63. The molecule has 1 aliphatic rings. The van der Waals surface area contributed by atoms with Gasteiger partial charge in [-0.15, -0.1) is 0 Å². The Kier molecular flexibility index (Phi) is 1.81. The monoisotopic (exact) mass is 176 g/mol. The summed E-state index contributed by atoms with van der Waals surface area (Å²) in [6, 6.07) is 5.93. The van der Waals surface area contributed by atoms with Gasteiger partial charge in [0.25, 0.3) is 0 Å². The number of fused-ring (bicyclic) bond motifs is 1. The highest BCUT2D eigenvalue weighted by atomic mass is 16.2. The summed E-state index contributed by atoms with van der Waals surface area (Å²) < 4.78 is 0. The molecule has 0 radical (unpaired) electrons. The molecule has 0 aliphatic carbocycles. The maximum Gasteiger partial charge on any atom is 0.233 e. The Labute approximate surface area is 76.9 Å². The van der Waals surface area contributed by atoms with Gasteiger partial charge >= 0.3 is 0 Å². The second kappa shape index (κ2) is 2.85. The van der Waals surface area contributed by atoms with Gasteiger partial charge in [-0.3, -0.25) is 4.79 Å². The standard InChI is InChI=1S/C10H12N2O/c1-6-2-3-9-7(4-6)8(5-11)10(13)12-9/h2-4,8H,5,11H2,1H3,(H,12,13)/t8-/m0/s1. The molecule has 3 nitrogen and oxygen atoms in total. The Morgan fingerprint density at radius 1 is 1.54 bits per heavy atom. The average Bonchev–Trinajstić information content (AvgIpc) is 2.40. The molecule has 13 heavy (non-hydrogen) atoms. The van der Waals surface area contributed by atoms with Crippen LogP contribution in [0.2, 0.25) is 0 Å². The predicted octanol–water partition coefficient (Wildman–Crippen LogP) is 0.989. The number of carbonyl (C=O) groups is 1. The quantitative estimate of drug-likeness (QED) is 0.670. The molecule has 0 spiro atoms. The predicted molar refractivity (Wildman–Crippen MR) is 51.6 cm³/mol. The van der Waals surface area contributed by atoms with Crippen molar-refractivity contribution < 1.29 is 4.79 Å². The molecule has 2 rings (SSSR count). The van der Waals surface area contributed by atoms with Gasteiger partial charge in [-0.05, 0) is 18.6 Å². The van der Waals surface area contributed by atoms with Gasteiger partial charge in [0.2, 0.25) is 5.91 Å². The van der Waals surface area contributed by atoms with E-state index in [2.05, 4.69) is 5.32 Å². The number of benzene rings is 1. The summed E-state index contributed by atoms with van der Waals surface area (Å²) in [6.07, 6.45) is 0. The number of nitrogens with two attached hydrogens (primary N) is 1. The maximum atomic E-state index is 11.4. The summed E-state index contributed by atoms with van der Waals surface area (Å²) >= 11 is 0. The van der Waals surface area contributed by atoms with Crippen molar-refractivity contribution in [2.24, 2.45) is 5.73 Å². The van der Waals surface area contributed by atoms with E-state index in [-0.39, 0.29) is 11.8 Å². The molecule has 0 unspecified atom stereocenters. The van der Waals surface area contributed by atoms with Gasteiger partial charge in [0.05, 0.1) is 5.92 Å². The number of nitrogens with one attached hydrogen (secondary N) is 1. The third-order valence-electron chi connectivity index (χ3n) is 2.39. The van der Waals surface area contributed by atoms with Crippen molar-refractivity contribution in [3.63, 3.8) is 0 Å². The minimum atomic E-state index is -0.158. The van der Waals surface area contributed by atoms with Crippen molar-refractivity contribution in [2.45, 2.75) is 12.8 Å². The van der Waals surface area contributed by atoms with E-state index in [0.717, 1.165) is 16.8 Å². The highest BCUT2D eigenvalue weighted by molar-refractivity contribution is 6.03. The van der Waals surface area contributed by atoms with Gasteiger partial charge in [0.1, 0.15) is 0 Å². The number of anilines is 1. The second-order valence-corrected chi connectivity index (χ2v) is 3.37. The molecule has 1 aromatic carbocycles. The number of aryl methyl sites for hydroxylation is 1. The van der Waals surface area contributed by atoms with Crippen LogP contribution in [0.15, 0.2) is 18.2 Å². The lowest BCUT2D eigenvalue weighted by molar-refractivity contribution is -0.116. The Morgan fingerprint density at radius 2 is 2.31 bits per heavy atom. The first-order valence-corrected chi connectivity index (χ1v) is 4.34. The van der Waals surface area contributed by atoms with Crippen LogP contribution in [0.5, 0.6) is 0 Å². The number of hydrogen-bond acceptors (Lipinski definition) is 2. The molecular formula is C10H12N2O. The van der Waals surface area contributed by atoms with E-state index in [1.165, 1.54) is 0 Å². The average molecular weight is 176 g/mol. The molecule has 3 N–H and O–H groups in total. The molecule has 0 aromatic heterocycles. The lowest BCUT2D eigenvalue weighted by Gasteiger charge is -2.04. The number of hydrogen-bond donors (Lipinski definition) is 2. The number of carbonyl (C=O) groups excluding carboxylic acids is 1. The fraction of sp³-hybridized carbons (Fsp3) is 0.300. The van der Waals surface area contributed by atoms with E-state index < -0.39 is 0 Å². The molecule has 68 valence electrons. The summed E-state index contributed by atoms with van der Waals surface area (Å²) in [6.45, 7) is 2.39. The zero-order valence-corrected chi connectivity index (χ0v) is 7.50. The first kappa shape index (κ1) is 8.26. The van der Waals surface area contributed by atoms with Crippen LogP contribution in [0.3, 0.4) is 0 Å². The molecule has 1 aromatic rings. The third-order valence-corrected chi connectivity index (χ3v) is 2.39. The zero-order valence-electron chi connectivity index (χ0n) is 7.50. The number of rotatable bonds is 1. The fourth-order valence-corrected chi connectivity index (χ4v) is 1.68. The van der Waals surface area contributed by atoms with Crippen molar-refractivity contribution >= 4 is 11.6 Å². The first-order valence-electron chi connectivity index (χ1n) is 4.34. The minimum absolute atomic E-state index is 0.0168. The summed E-state index contributed by atoms with van der Waals surface area (Å²) in [4.78, 5) is 11.4. The highest BCUT2D eigenvalue weighted by Gasteiger charge is 2.28. The van der Waals surface area contributed by atoms with Gasteiger partial charge in [-0.2, -0.15) is 0 Å². The lowest BCUT2D eigenvalue weighted by Crippen LogP contribution is -2.20. The molecule has 3 heteroatoms.